The highest BCUT2D eigenvalue weighted by Crippen LogP contribution is 2.23. The van der Waals surface area contributed by atoms with Crippen LogP contribution in [-0.2, 0) is 32.6 Å². The molecular formula is C30H34BrF2N3O4S. The zero-order chi connectivity index (χ0) is 30.0. The lowest BCUT2D eigenvalue weighted by molar-refractivity contribution is -0.141. The van der Waals surface area contributed by atoms with Crippen molar-refractivity contribution in [1.82, 2.24) is 10.2 Å². The second kappa shape index (κ2) is 15.1. The highest BCUT2D eigenvalue weighted by atomic mass is 79.9. The molecule has 41 heavy (non-hydrogen) atoms. The summed E-state index contributed by atoms with van der Waals surface area (Å²) in [5.41, 5.74) is 1.66. The van der Waals surface area contributed by atoms with E-state index in [1.807, 2.05) is 61.5 Å². The van der Waals surface area contributed by atoms with Gasteiger partial charge in [-0.15, -0.1) is 0 Å². The van der Waals surface area contributed by atoms with Crippen LogP contribution in [0.2, 0.25) is 0 Å². The monoisotopic (exact) mass is 649 g/mol. The number of nitrogens with one attached hydrogen (secondary N) is 1. The number of carbonyl (C=O) groups is 2. The van der Waals surface area contributed by atoms with Crippen LogP contribution in [0.15, 0.2) is 77.3 Å². The van der Waals surface area contributed by atoms with Crippen LogP contribution in [0.5, 0.6) is 0 Å². The summed E-state index contributed by atoms with van der Waals surface area (Å²) in [4.78, 5) is 28.7. The van der Waals surface area contributed by atoms with E-state index in [4.69, 9.17) is 0 Å². The van der Waals surface area contributed by atoms with Gasteiger partial charge in [0.25, 0.3) is 0 Å². The van der Waals surface area contributed by atoms with Gasteiger partial charge in [0.15, 0.2) is 11.6 Å². The Morgan fingerprint density at radius 2 is 1.66 bits per heavy atom. The first-order valence-electron chi connectivity index (χ1n) is 13.3. The minimum atomic E-state index is -3.85. The maximum absolute atomic E-state index is 13.9. The van der Waals surface area contributed by atoms with Crippen LogP contribution in [0, 0.1) is 11.6 Å². The molecule has 11 heteroatoms. The number of hydrogen-bond acceptors (Lipinski definition) is 4. The van der Waals surface area contributed by atoms with Crippen molar-refractivity contribution in [3.8, 4) is 0 Å². The van der Waals surface area contributed by atoms with Crippen LogP contribution in [0.25, 0.3) is 0 Å². The molecule has 0 unspecified atom stereocenters. The van der Waals surface area contributed by atoms with Crippen molar-refractivity contribution in [3.05, 3.63) is 100 Å². The number of rotatable bonds is 14. The number of sulfonamides is 1. The van der Waals surface area contributed by atoms with Gasteiger partial charge >= 0.3 is 0 Å². The first kappa shape index (κ1) is 32.2. The molecule has 0 spiro atoms. The van der Waals surface area contributed by atoms with Crippen molar-refractivity contribution in [3.63, 3.8) is 0 Å². The molecule has 0 aliphatic carbocycles. The highest BCUT2D eigenvalue weighted by molar-refractivity contribution is 9.10. The summed E-state index contributed by atoms with van der Waals surface area (Å²) in [6.45, 7) is 2.43. The molecule has 220 valence electrons. The zero-order valence-electron chi connectivity index (χ0n) is 23.0. The Kier molecular flexibility index (Phi) is 11.8. The zero-order valence-corrected chi connectivity index (χ0v) is 25.4. The van der Waals surface area contributed by atoms with Crippen LogP contribution in [0.3, 0.4) is 0 Å². The van der Waals surface area contributed by atoms with Gasteiger partial charge < -0.3 is 10.2 Å². The van der Waals surface area contributed by atoms with Crippen molar-refractivity contribution in [1.29, 1.82) is 0 Å². The van der Waals surface area contributed by atoms with Gasteiger partial charge in [0.05, 0.1) is 11.9 Å². The van der Waals surface area contributed by atoms with Crippen molar-refractivity contribution >= 4 is 43.5 Å². The van der Waals surface area contributed by atoms with E-state index in [1.54, 1.807) is 0 Å². The van der Waals surface area contributed by atoms with E-state index in [-0.39, 0.29) is 43.4 Å². The predicted molar refractivity (Wildman–Crippen MR) is 160 cm³/mol. The van der Waals surface area contributed by atoms with E-state index in [0.717, 1.165) is 44.7 Å². The molecule has 1 N–H and O–H groups in total. The number of anilines is 1. The largest absolute Gasteiger partial charge is 0.354 e. The molecule has 0 heterocycles. The topological polar surface area (TPSA) is 86.8 Å². The van der Waals surface area contributed by atoms with E-state index in [0.29, 0.717) is 13.0 Å². The Labute approximate surface area is 248 Å². The summed E-state index contributed by atoms with van der Waals surface area (Å²) in [5.74, 6) is -2.88. The third-order valence-corrected chi connectivity index (χ3v) is 8.09. The summed E-state index contributed by atoms with van der Waals surface area (Å²) in [5, 5.41) is 2.91. The first-order valence-corrected chi connectivity index (χ1v) is 15.9. The number of carbonyl (C=O) groups excluding carboxylic acids is 2. The Morgan fingerprint density at radius 3 is 2.29 bits per heavy atom. The number of nitrogens with zero attached hydrogens (tertiary/aromatic N) is 2. The van der Waals surface area contributed by atoms with Crippen molar-refractivity contribution in [2.75, 3.05) is 23.7 Å². The lowest BCUT2D eigenvalue weighted by Gasteiger charge is -2.32. The van der Waals surface area contributed by atoms with Gasteiger partial charge in [0.1, 0.15) is 6.04 Å². The molecule has 3 aromatic carbocycles. The number of hydrogen-bond donors (Lipinski definition) is 1. The maximum Gasteiger partial charge on any atom is 0.243 e. The summed E-state index contributed by atoms with van der Waals surface area (Å²) in [6.07, 6.45) is 2.00. The summed E-state index contributed by atoms with van der Waals surface area (Å²) >= 11 is 3.46. The molecule has 0 radical (unpaired) electrons. The molecule has 0 fully saturated rings. The molecule has 3 aromatic rings. The van der Waals surface area contributed by atoms with Crippen molar-refractivity contribution in [2.45, 2.75) is 45.2 Å². The number of benzene rings is 3. The molecule has 7 nitrogen and oxygen atoms in total. The van der Waals surface area contributed by atoms with E-state index in [1.165, 1.54) is 11.0 Å². The average molecular weight is 651 g/mol. The Hall–Kier alpha value is -3.31. The van der Waals surface area contributed by atoms with Crippen molar-refractivity contribution in [2.24, 2.45) is 0 Å². The molecule has 0 aliphatic heterocycles. The van der Waals surface area contributed by atoms with E-state index in [9.17, 15) is 26.8 Å². The van der Waals surface area contributed by atoms with Gasteiger partial charge in [0, 0.05) is 43.0 Å². The lowest BCUT2D eigenvalue weighted by atomic mass is 10.0. The minimum absolute atomic E-state index is 0.0364. The van der Waals surface area contributed by atoms with Crippen molar-refractivity contribution < 1.29 is 26.8 Å². The smallest absolute Gasteiger partial charge is 0.243 e. The van der Waals surface area contributed by atoms with Crippen LogP contribution in [-0.4, -0.2) is 50.5 Å². The lowest BCUT2D eigenvalue weighted by Crippen LogP contribution is -2.50. The van der Waals surface area contributed by atoms with Gasteiger partial charge in [-0.1, -0.05) is 65.3 Å². The fourth-order valence-electron chi connectivity index (χ4n) is 4.40. The quantitative estimate of drug-likeness (QED) is 0.252. The fraction of sp³-hybridized carbons (Fsp3) is 0.333. The van der Waals surface area contributed by atoms with Gasteiger partial charge in [0.2, 0.25) is 21.8 Å². The molecule has 2 amide bonds. The van der Waals surface area contributed by atoms with Gasteiger partial charge in [-0.25, -0.2) is 17.2 Å². The highest BCUT2D eigenvalue weighted by Gasteiger charge is 2.30. The number of amides is 2. The molecular weight excluding hydrogens is 616 g/mol. The average Bonchev–Trinajstić information content (AvgIpc) is 2.93. The molecule has 3 rings (SSSR count). The van der Waals surface area contributed by atoms with E-state index >= 15 is 0 Å². The normalized spacial score (nSPS) is 12.0. The molecule has 0 saturated carbocycles. The molecule has 0 saturated heterocycles. The summed E-state index contributed by atoms with van der Waals surface area (Å²) < 4.78 is 54.0. The third kappa shape index (κ3) is 9.64. The van der Waals surface area contributed by atoms with Gasteiger partial charge in [-0.3, -0.25) is 13.9 Å². The summed E-state index contributed by atoms with van der Waals surface area (Å²) in [6, 6.07) is 18.9. The fourth-order valence-corrected chi connectivity index (χ4v) is 5.80. The maximum atomic E-state index is 13.9. The van der Waals surface area contributed by atoms with Crippen LogP contribution >= 0.6 is 15.9 Å². The SMILES string of the molecule is CCCNC(=O)[C@@H](Cc1ccccc1)N(Cc1cccc(Br)c1)C(=O)CCCN(c1ccc(F)c(F)c1)S(C)(=O)=O. The molecule has 1 atom stereocenters. The molecule has 0 aromatic heterocycles. The van der Waals surface area contributed by atoms with E-state index < -0.39 is 27.7 Å². The molecule has 0 bridgehead atoms. The minimum Gasteiger partial charge on any atom is -0.354 e. The third-order valence-electron chi connectivity index (χ3n) is 6.41. The second-order valence-corrected chi connectivity index (χ2v) is 12.5. The van der Waals surface area contributed by atoms with Gasteiger partial charge in [-0.05, 0) is 48.2 Å². The Bertz CT molecular complexity index is 1440. The van der Waals surface area contributed by atoms with Crippen LogP contribution < -0.4 is 9.62 Å². The van der Waals surface area contributed by atoms with Gasteiger partial charge in [-0.2, -0.15) is 0 Å². The predicted octanol–water partition coefficient (Wildman–Crippen LogP) is 5.44. The Morgan fingerprint density at radius 1 is 0.951 bits per heavy atom. The van der Waals surface area contributed by atoms with E-state index in [2.05, 4.69) is 21.2 Å². The Balaban J connectivity index is 1.88. The standard InChI is InChI=1S/C30H34BrF2N3O4S/c1-3-16-34-30(38)28(19-22-9-5-4-6-10-22)35(21-23-11-7-12-24(31)18-23)29(37)13-8-17-36(41(2,39)40)25-14-15-26(32)27(33)20-25/h4-7,9-12,14-15,18,20,28H,3,8,13,16-17,19,21H2,1-2H3,(H,34,38)/t28-/m1/s1. The number of halogens is 3. The second-order valence-electron chi connectivity index (χ2n) is 9.69. The first-order chi connectivity index (χ1) is 19.5. The molecule has 0 aliphatic rings. The summed E-state index contributed by atoms with van der Waals surface area (Å²) in [7, 11) is -3.85. The van der Waals surface area contributed by atoms with Crippen LogP contribution in [0.4, 0.5) is 14.5 Å². The van der Waals surface area contributed by atoms with Crippen LogP contribution in [0.1, 0.15) is 37.3 Å².